The molecule has 41 heavy (non-hydrogen) atoms. The summed E-state index contributed by atoms with van der Waals surface area (Å²) in [6.45, 7) is 3.31. The number of hydrogen-bond donors (Lipinski definition) is 4. The number of allylic oxidation sites excluding steroid dienone is 1. The Morgan fingerprint density at radius 1 is 1.12 bits per heavy atom. The van der Waals surface area contributed by atoms with Gasteiger partial charge in [0, 0.05) is 30.3 Å². The maximum absolute atomic E-state index is 13.6. The highest BCUT2D eigenvalue weighted by molar-refractivity contribution is 5.96. The number of fused-ring (bicyclic) bond motifs is 4. The standard InChI is InChI=1S/C30H34N2O9/c1-16(2)8-25(35)32(13-17-4-5-22-23(10-17)40-15-39-22)21-12-20(30(37)31-6-7-33)26-19-9-18(14-34)11-24(38-3)28(19)41-29(26)27(21)36/h4-5,8-12,21,26-27,29,33-34,36H,6-7,13-15H2,1-3H3,(H,31,37). The van der Waals surface area contributed by atoms with Crippen LogP contribution in [0.1, 0.15) is 36.5 Å². The van der Waals surface area contributed by atoms with E-state index in [0.717, 1.165) is 11.1 Å². The number of carbonyl (C=O) groups excluding carboxylic acids is 2. The van der Waals surface area contributed by atoms with Crippen molar-refractivity contribution in [1.29, 1.82) is 0 Å². The lowest BCUT2D eigenvalue weighted by Gasteiger charge is -2.40. The van der Waals surface area contributed by atoms with Gasteiger partial charge in [0.15, 0.2) is 23.0 Å². The highest BCUT2D eigenvalue weighted by Crippen LogP contribution is 2.51. The van der Waals surface area contributed by atoms with Crippen molar-refractivity contribution >= 4 is 11.8 Å². The molecule has 11 nitrogen and oxygen atoms in total. The molecule has 218 valence electrons. The van der Waals surface area contributed by atoms with Gasteiger partial charge in [-0.15, -0.1) is 0 Å². The summed E-state index contributed by atoms with van der Waals surface area (Å²) in [5.74, 6) is 0.354. The van der Waals surface area contributed by atoms with E-state index in [0.29, 0.717) is 34.1 Å². The molecule has 0 saturated heterocycles. The van der Waals surface area contributed by atoms with Crippen molar-refractivity contribution in [2.45, 2.75) is 51.2 Å². The summed E-state index contributed by atoms with van der Waals surface area (Å²) in [5.41, 5.74) is 2.92. The van der Waals surface area contributed by atoms with Crippen LogP contribution in [-0.4, -0.2) is 77.3 Å². The summed E-state index contributed by atoms with van der Waals surface area (Å²) in [5, 5.41) is 33.7. The third-order valence-electron chi connectivity index (χ3n) is 7.34. The van der Waals surface area contributed by atoms with Crippen LogP contribution < -0.4 is 24.3 Å². The van der Waals surface area contributed by atoms with E-state index in [4.69, 9.17) is 18.9 Å². The summed E-state index contributed by atoms with van der Waals surface area (Å²) < 4.78 is 22.7. The van der Waals surface area contributed by atoms with Crippen LogP contribution in [0.15, 0.2) is 53.6 Å². The third kappa shape index (κ3) is 5.48. The van der Waals surface area contributed by atoms with Crippen LogP contribution in [0.4, 0.5) is 0 Å². The lowest BCUT2D eigenvalue weighted by Crippen LogP contribution is -2.55. The number of carbonyl (C=O) groups is 2. The molecule has 4 atom stereocenters. The molecule has 2 amide bonds. The Kier molecular flexibility index (Phi) is 8.20. The Bertz CT molecular complexity index is 1400. The summed E-state index contributed by atoms with van der Waals surface area (Å²) >= 11 is 0. The van der Waals surface area contributed by atoms with Gasteiger partial charge in [-0.1, -0.05) is 11.6 Å². The van der Waals surface area contributed by atoms with E-state index >= 15 is 0 Å². The highest BCUT2D eigenvalue weighted by atomic mass is 16.7. The topological polar surface area (TPSA) is 147 Å². The Labute approximate surface area is 237 Å². The summed E-state index contributed by atoms with van der Waals surface area (Å²) in [4.78, 5) is 28.6. The molecule has 0 saturated carbocycles. The molecule has 4 unspecified atom stereocenters. The molecule has 2 aromatic carbocycles. The quantitative estimate of drug-likeness (QED) is 0.332. The second-order valence-electron chi connectivity index (χ2n) is 10.4. The van der Waals surface area contributed by atoms with Gasteiger partial charge in [-0.3, -0.25) is 9.59 Å². The predicted octanol–water partition coefficient (Wildman–Crippen LogP) is 1.53. The largest absolute Gasteiger partial charge is 0.493 e. The molecule has 3 aliphatic rings. The average Bonchev–Trinajstić information content (AvgIpc) is 3.59. The van der Waals surface area contributed by atoms with E-state index in [1.165, 1.54) is 18.1 Å². The summed E-state index contributed by atoms with van der Waals surface area (Å²) in [7, 11) is 1.47. The van der Waals surface area contributed by atoms with Gasteiger partial charge < -0.3 is 44.5 Å². The Morgan fingerprint density at radius 2 is 1.90 bits per heavy atom. The van der Waals surface area contributed by atoms with E-state index in [2.05, 4.69) is 5.32 Å². The van der Waals surface area contributed by atoms with Crippen LogP contribution in [0.3, 0.4) is 0 Å². The van der Waals surface area contributed by atoms with E-state index in [1.54, 1.807) is 44.2 Å². The number of hydrogen-bond acceptors (Lipinski definition) is 9. The maximum atomic E-state index is 13.6. The van der Waals surface area contributed by atoms with E-state index in [9.17, 15) is 24.9 Å². The van der Waals surface area contributed by atoms with E-state index in [1.807, 2.05) is 6.07 Å². The van der Waals surface area contributed by atoms with Gasteiger partial charge in [0.1, 0.15) is 12.2 Å². The summed E-state index contributed by atoms with van der Waals surface area (Å²) in [6, 6.07) is 7.78. The van der Waals surface area contributed by atoms with Crippen LogP contribution in [0.25, 0.3) is 0 Å². The van der Waals surface area contributed by atoms with Crippen LogP contribution in [0, 0.1) is 0 Å². The normalized spacial score (nSPS) is 21.7. The number of aliphatic hydroxyl groups excluding tert-OH is 3. The van der Waals surface area contributed by atoms with Crippen molar-refractivity contribution < 1.29 is 43.9 Å². The Balaban J connectivity index is 1.60. The van der Waals surface area contributed by atoms with Gasteiger partial charge in [-0.25, -0.2) is 0 Å². The van der Waals surface area contributed by atoms with Crippen molar-refractivity contribution in [2.75, 3.05) is 27.1 Å². The smallest absolute Gasteiger partial charge is 0.247 e. The molecule has 0 radical (unpaired) electrons. The van der Waals surface area contributed by atoms with Crippen molar-refractivity contribution in [3.8, 4) is 23.0 Å². The Morgan fingerprint density at radius 3 is 2.61 bits per heavy atom. The molecule has 5 rings (SSSR count). The summed E-state index contributed by atoms with van der Waals surface area (Å²) in [6.07, 6.45) is 0.911. The number of methoxy groups -OCH3 is 1. The molecular weight excluding hydrogens is 532 g/mol. The zero-order valence-electron chi connectivity index (χ0n) is 23.1. The molecular formula is C30H34N2O9. The molecule has 0 fully saturated rings. The first-order valence-corrected chi connectivity index (χ1v) is 13.4. The van der Waals surface area contributed by atoms with Crippen molar-refractivity contribution in [1.82, 2.24) is 10.2 Å². The van der Waals surface area contributed by atoms with Gasteiger partial charge in [0.05, 0.1) is 32.3 Å². The van der Waals surface area contributed by atoms with Crippen molar-refractivity contribution in [2.24, 2.45) is 0 Å². The highest BCUT2D eigenvalue weighted by Gasteiger charge is 2.51. The van der Waals surface area contributed by atoms with Crippen LogP contribution in [-0.2, 0) is 22.7 Å². The fourth-order valence-electron chi connectivity index (χ4n) is 5.52. The van der Waals surface area contributed by atoms with E-state index < -0.39 is 30.1 Å². The molecule has 2 aromatic rings. The first-order valence-electron chi connectivity index (χ1n) is 13.4. The third-order valence-corrected chi connectivity index (χ3v) is 7.34. The van der Waals surface area contributed by atoms with Gasteiger partial charge >= 0.3 is 0 Å². The van der Waals surface area contributed by atoms with Gasteiger partial charge in [0.2, 0.25) is 18.6 Å². The monoisotopic (exact) mass is 566 g/mol. The number of ether oxygens (including phenoxy) is 4. The maximum Gasteiger partial charge on any atom is 0.247 e. The fraction of sp³-hybridized carbons (Fsp3) is 0.400. The van der Waals surface area contributed by atoms with Crippen LogP contribution >= 0.6 is 0 Å². The minimum absolute atomic E-state index is 0.0199. The van der Waals surface area contributed by atoms with Gasteiger partial charge in [0.25, 0.3) is 0 Å². The second-order valence-corrected chi connectivity index (χ2v) is 10.4. The molecule has 2 aliphatic heterocycles. The number of aliphatic hydroxyl groups is 3. The zero-order valence-corrected chi connectivity index (χ0v) is 23.1. The van der Waals surface area contributed by atoms with Gasteiger partial charge in [-0.2, -0.15) is 0 Å². The molecule has 4 N–H and O–H groups in total. The molecule has 0 spiro atoms. The number of nitrogens with zero attached hydrogens (tertiary/aromatic N) is 1. The number of nitrogens with one attached hydrogen (secondary N) is 1. The minimum Gasteiger partial charge on any atom is -0.493 e. The predicted molar refractivity (Wildman–Crippen MR) is 147 cm³/mol. The first kappa shape index (κ1) is 28.5. The molecule has 11 heteroatoms. The van der Waals surface area contributed by atoms with Crippen LogP contribution in [0.2, 0.25) is 0 Å². The zero-order chi connectivity index (χ0) is 29.3. The number of amides is 2. The number of benzene rings is 2. The SMILES string of the molecule is COc1cc(CO)cc2c1OC1C2C(C(=O)NCCO)=CC(N(Cc2ccc3c(c2)OCO3)C(=O)C=C(C)C)C1O. The average molecular weight is 567 g/mol. The Hall–Kier alpha value is -4.06. The van der Waals surface area contributed by atoms with E-state index in [-0.39, 0.29) is 44.6 Å². The molecule has 2 heterocycles. The minimum atomic E-state index is -1.23. The molecule has 0 aromatic heterocycles. The molecule has 1 aliphatic carbocycles. The molecule has 0 bridgehead atoms. The van der Waals surface area contributed by atoms with Gasteiger partial charge in [-0.05, 0) is 55.3 Å². The van der Waals surface area contributed by atoms with Crippen LogP contribution in [0.5, 0.6) is 23.0 Å². The second kappa shape index (κ2) is 11.8. The lowest BCUT2D eigenvalue weighted by molar-refractivity contribution is -0.133. The fourth-order valence-corrected chi connectivity index (χ4v) is 5.52. The number of rotatable bonds is 9. The lowest BCUT2D eigenvalue weighted by atomic mass is 9.77. The van der Waals surface area contributed by atoms with Crippen molar-refractivity contribution in [3.05, 3.63) is 70.3 Å². The first-order chi connectivity index (χ1) is 19.7. The van der Waals surface area contributed by atoms with Crippen molar-refractivity contribution in [3.63, 3.8) is 0 Å².